The van der Waals surface area contributed by atoms with Gasteiger partial charge in [0.2, 0.25) is 53.7 Å². The number of carbonyl (C=O) groups is 11. The summed E-state index contributed by atoms with van der Waals surface area (Å²) in [4.78, 5) is 152. The van der Waals surface area contributed by atoms with Gasteiger partial charge < -0.3 is 66.4 Å². The van der Waals surface area contributed by atoms with Gasteiger partial charge >= 0.3 is 6.03 Å². The average Bonchev–Trinajstić information content (AvgIpc) is 1.66. The van der Waals surface area contributed by atoms with Crippen molar-refractivity contribution in [1.29, 1.82) is 0 Å². The number of amides is 12. The molecule has 2 unspecified atom stereocenters. The third kappa shape index (κ3) is 21.5. The van der Waals surface area contributed by atoms with Crippen LogP contribution in [0.3, 0.4) is 0 Å². The minimum Gasteiger partial charge on any atom is -0.497 e. The van der Waals surface area contributed by atoms with Crippen LogP contribution >= 0.6 is 0 Å². The minimum atomic E-state index is -1.28. The second-order valence-electron chi connectivity index (χ2n) is 25.8. The number of halogens is 1. The molecule has 0 spiro atoms. The number of fused-ring (bicyclic) bond motifs is 5. The summed E-state index contributed by atoms with van der Waals surface area (Å²) in [6, 6.07) is 20.7. The fourth-order valence-electron chi connectivity index (χ4n) is 12.6. The highest BCUT2D eigenvalue weighted by atomic mass is 19.1. The number of benzene rings is 4. The van der Waals surface area contributed by atoms with Crippen LogP contribution < -0.4 is 47.3 Å². The Bertz CT molecular complexity index is 3680. The molecule has 8 rings (SSSR count). The van der Waals surface area contributed by atoms with Crippen molar-refractivity contribution in [1.82, 2.24) is 66.9 Å². The lowest BCUT2D eigenvalue weighted by Gasteiger charge is -2.34. The van der Waals surface area contributed by atoms with Crippen molar-refractivity contribution in [3.8, 4) is 5.75 Å². The van der Waals surface area contributed by atoms with Crippen LogP contribution in [0, 0.1) is 5.82 Å². The quantitative estimate of drug-likeness (QED) is 0.0232. The van der Waals surface area contributed by atoms with Crippen molar-refractivity contribution < 1.29 is 66.6 Å². The normalized spacial score (nSPS) is 18.1. The zero-order valence-electron chi connectivity index (χ0n) is 58.0. The fourth-order valence-corrected chi connectivity index (χ4v) is 12.6. The van der Waals surface area contributed by atoms with E-state index in [0.29, 0.717) is 75.0 Å². The predicted octanol–water partition coefficient (Wildman–Crippen LogP) is 4.51. The Hall–Kier alpha value is -9.92. The number of unbranched alkanes of at least 4 members (excludes halogenated alkanes) is 3. The first-order valence-corrected chi connectivity index (χ1v) is 34.7. The number of nitrogens with zero attached hydrogens (tertiary/aromatic N) is 5. The van der Waals surface area contributed by atoms with Crippen molar-refractivity contribution in [2.75, 3.05) is 46.4 Å². The Morgan fingerprint density at radius 3 is 2.31 bits per heavy atom. The molecular weight excluding hydrogens is 1290 g/mol. The molecule has 2 saturated heterocycles. The molecule has 3 aliphatic rings. The van der Waals surface area contributed by atoms with Crippen LogP contribution in [-0.4, -0.2) is 179 Å². The zero-order valence-corrected chi connectivity index (χ0v) is 58.0. The summed E-state index contributed by atoms with van der Waals surface area (Å²) in [6.07, 6.45) is 7.73. The molecule has 27 heteroatoms. The third-order valence-electron chi connectivity index (χ3n) is 18.4. The Morgan fingerprint density at radius 2 is 1.57 bits per heavy atom. The predicted molar refractivity (Wildman–Crippen MR) is 370 cm³/mol. The minimum absolute atomic E-state index is 0.0433. The van der Waals surface area contributed by atoms with Gasteiger partial charge in [0.15, 0.2) is 6.23 Å². The number of aryl methyl sites for hydroxylation is 2. The number of hydrazine groups is 1. The monoisotopic (exact) mass is 1380 g/mol. The van der Waals surface area contributed by atoms with Crippen molar-refractivity contribution in [2.24, 2.45) is 0 Å². The van der Waals surface area contributed by atoms with Crippen LogP contribution in [0.1, 0.15) is 132 Å². The molecule has 4 aromatic carbocycles. The van der Waals surface area contributed by atoms with Crippen LogP contribution in [-0.2, 0) is 98.0 Å². The van der Waals surface area contributed by atoms with E-state index in [-0.39, 0.29) is 81.3 Å². The summed E-state index contributed by atoms with van der Waals surface area (Å²) >= 11 is 0. The van der Waals surface area contributed by atoms with Crippen LogP contribution in [0.25, 0.3) is 10.9 Å². The topological polar surface area (TPSA) is 320 Å². The van der Waals surface area contributed by atoms with Gasteiger partial charge in [0.1, 0.15) is 48.4 Å². The van der Waals surface area contributed by atoms with Gasteiger partial charge in [0, 0.05) is 101 Å². The van der Waals surface area contributed by atoms with Gasteiger partial charge in [-0.1, -0.05) is 87.4 Å². The maximum absolute atomic E-state index is 14.2. The Balaban J connectivity index is 0.840. The van der Waals surface area contributed by atoms with Gasteiger partial charge in [-0.3, -0.25) is 47.9 Å². The molecule has 4 heterocycles. The molecule has 7 atom stereocenters. The van der Waals surface area contributed by atoms with Crippen molar-refractivity contribution in [3.63, 3.8) is 0 Å². The van der Waals surface area contributed by atoms with E-state index in [2.05, 4.69) is 53.3 Å². The summed E-state index contributed by atoms with van der Waals surface area (Å²) in [7, 11) is 1.56. The molecule has 538 valence electrons. The van der Waals surface area contributed by atoms with Gasteiger partial charge in [0.05, 0.1) is 13.7 Å². The Morgan fingerprint density at radius 1 is 0.830 bits per heavy atom. The first-order chi connectivity index (χ1) is 48.1. The first kappa shape index (κ1) is 75.8. The molecule has 8 N–H and O–H groups in total. The molecule has 12 amide bonds. The molecule has 1 aromatic heterocycles. The fraction of sp³-hybridized carbons (Fsp3) is 0.493. The van der Waals surface area contributed by atoms with Gasteiger partial charge in [-0.2, -0.15) is 0 Å². The Kier molecular flexibility index (Phi) is 28.3. The average molecular weight is 1380 g/mol. The summed E-state index contributed by atoms with van der Waals surface area (Å²) in [5, 5.41) is 24.9. The third-order valence-corrected chi connectivity index (χ3v) is 18.4. The summed E-state index contributed by atoms with van der Waals surface area (Å²) in [5.41, 5.74) is 5.92. The summed E-state index contributed by atoms with van der Waals surface area (Å²) in [6.45, 7) is 9.80. The molecule has 100 heavy (non-hydrogen) atoms. The number of methoxy groups -OCH3 is 1. The van der Waals surface area contributed by atoms with E-state index in [0.717, 1.165) is 70.4 Å². The molecule has 26 nitrogen and oxygen atoms in total. The van der Waals surface area contributed by atoms with E-state index >= 15 is 0 Å². The maximum atomic E-state index is 14.2. The number of likely N-dealkylation sites (tertiary alicyclic amines) is 1. The van der Waals surface area contributed by atoms with Crippen LogP contribution in [0.15, 0.2) is 97.2 Å². The summed E-state index contributed by atoms with van der Waals surface area (Å²) in [5.74, 6) is -4.42. The number of rotatable bonds is 30. The smallest absolute Gasteiger partial charge is 0.338 e. The van der Waals surface area contributed by atoms with Crippen LogP contribution in [0.2, 0.25) is 0 Å². The lowest BCUT2D eigenvalue weighted by Crippen LogP contribution is -2.59. The molecule has 4 bridgehead atoms. The number of urea groups is 1. The number of hydrogen-bond donors (Lipinski definition) is 8. The van der Waals surface area contributed by atoms with E-state index in [4.69, 9.17) is 9.47 Å². The molecule has 0 aliphatic carbocycles. The summed E-state index contributed by atoms with van der Waals surface area (Å²) < 4.78 is 27.4. The highest BCUT2D eigenvalue weighted by Crippen LogP contribution is 2.26. The van der Waals surface area contributed by atoms with Gasteiger partial charge in [-0.05, 0) is 129 Å². The van der Waals surface area contributed by atoms with Crippen molar-refractivity contribution in [2.45, 2.75) is 187 Å². The number of hydrogen-bond acceptors (Lipinski definition) is 13. The zero-order chi connectivity index (χ0) is 71.8. The SMILES string of the molecule is CCc1cn(CCCCCCN(Cc2ccc(CCNC(=O)[C@@H]3CCCN3C(=O)[C@H](Cc3ccc(OC)cc3)NC=O)cc2)C(=O)CCC(=O)N[C@@H](C)C(=O)NCC(=O)N[C@H]2Cc3cccc(c3)CNC(=O)CO[C@H]3CCN(C(=O)C(C)NC2=O)N3C(=O)NC(C)CC)c2ccc(F)cc12. The Labute approximate surface area is 582 Å². The number of carbonyl (C=O) groups excluding carboxylic acids is 11. The van der Waals surface area contributed by atoms with E-state index in [1.807, 2.05) is 56.3 Å². The molecule has 0 radical (unpaired) electrons. The number of aromatic nitrogens is 1. The lowest BCUT2D eigenvalue weighted by molar-refractivity contribution is -0.155. The van der Waals surface area contributed by atoms with E-state index in [1.54, 1.807) is 66.3 Å². The van der Waals surface area contributed by atoms with Crippen LogP contribution in [0.4, 0.5) is 9.18 Å². The van der Waals surface area contributed by atoms with E-state index in [1.165, 1.54) is 24.9 Å². The highest BCUT2D eigenvalue weighted by Gasteiger charge is 2.42. The lowest BCUT2D eigenvalue weighted by atomic mass is 10.0. The molecular formula is C73H96FN13O13. The van der Waals surface area contributed by atoms with E-state index < -0.39 is 91.1 Å². The van der Waals surface area contributed by atoms with Crippen molar-refractivity contribution in [3.05, 3.63) is 136 Å². The van der Waals surface area contributed by atoms with E-state index in [9.17, 15) is 57.1 Å². The van der Waals surface area contributed by atoms with Gasteiger partial charge in [-0.25, -0.2) is 19.2 Å². The molecule has 5 aromatic rings. The second kappa shape index (κ2) is 37.3. The number of nitrogens with one attached hydrogen (secondary N) is 8. The largest absolute Gasteiger partial charge is 0.497 e. The van der Waals surface area contributed by atoms with Gasteiger partial charge in [0.25, 0.3) is 5.91 Å². The van der Waals surface area contributed by atoms with Gasteiger partial charge in [-0.15, -0.1) is 0 Å². The van der Waals surface area contributed by atoms with Crippen molar-refractivity contribution >= 4 is 76.5 Å². The first-order valence-electron chi connectivity index (χ1n) is 34.7. The molecule has 0 saturated carbocycles. The van der Waals surface area contributed by atoms with Crippen LogP contribution in [0.5, 0.6) is 5.75 Å². The number of ether oxygens (including phenoxy) is 2. The maximum Gasteiger partial charge on any atom is 0.338 e. The highest BCUT2D eigenvalue weighted by molar-refractivity contribution is 5.95. The molecule has 3 aliphatic heterocycles. The standard InChI is InChI=1S/C73H96FN13O13/c1-7-47(3)79-73(98)87-67-31-36-86(87)71(96)49(5)81-69(94)59(39-53-15-13-16-54(37-53)41-76-65(91)45-100-67)82-64(90)42-77-68(93)48(4)80-63(89)28-29-66(92)84(34-12-10-9-11-33-83-44-55(8-2)58-40-56(74)24-27-61(58)83)43-52-20-18-50(19-21-52)30-32-75-70(95)62-17-14-35-85(62)72(97)60(78-46-88)38-51-22-25-57(99-6)26-23-51/h13,15-16,18-27,37,40,44,46-49,59-60,62,67H,7-12,14,17,28-36,38-39,41-43,45H2,1-6H3,(H,75,95)(H,76,91)(H,77,93)(H,78,88)(H,79,98)(H,80,89)(H,81,94)(H,82,90)/t47?,48-,49?,59-,60-,62-,67-/m0/s1. The second-order valence-corrected chi connectivity index (χ2v) is 25.8. The molecule has 2 fully saturated rings.